The van der Waals surface area contributed by atoms with Crippen LogP contribution in [0.15, 0.2) is 4.99 Å². The molecule has 1 amide bonds. The number of hydrogen-bond donors (Lipinski definition) is 2. The summed E-state index contributed by atoms with van der Waals surface area (Å²) in [6, 6.07) is 0.354. The van der Waals surface area contributed by atoms with Crippen molar-refractivity contribution in [1.82, 2.24) is 20.4 Å². The van der Waals surface area contributed by atoms with Crippen molar-refractivity contribution < 1.29 is 9.53 Å². The molecule has 0 aliphatic carbocycles. The van der Waals surface area contributed by atoms with Crippen LogP contribution in [0, 0.1) is 5.92 Å². The molecular weight excluding hydrogens is 457 g/mol. The number of halogens is 1. The zero-order valence-electron chi connectivity index (χ0n) is 17.2. The number of rotatable bonds is 7. The fourth-order valence-corrected chi connectivity index (χ4v) is 3.65. The third-order valence-corrected chi connectivity index (χ3v) is 5.04. The van der Waals surface area contributed by atoms with Crippen LogP contribution in [0.3, 0.4) is 0 Å². The van der Waals surface area contributed by atoms with E-state index < -0.39 is 0 Å². The fraction of sp³-hybridized carbons (Fsp3) is 0.895. The average molecular weight is 495 g/mol. The lowest BCUT2D eigenvalue weighted by Gasteiger charge is -2.32. The molecule has 2 heterocycles. The van der Waals surface area contributed by atoms with E-state index in [1.54, 1.807) is 4.90 Å². The highest BCUT2D eigenvalue weighted by Crippen LogP contribution is 2.12. The molecule has 0 spiro atoms. The van der Waals surface area contributed by atoms with Gasteiger partial charge in [-0.2, -0.15) is 0 Å². The molecule has 2 aliphatic rings. The van der Waals surface area contributed by atoms with Crippen molar-refractivity contribution in [2.75, 3.05) is 52.4 Å². The molecule has 158 valence electrons. The Morgan fingerprint density at radius 1 is 1.19 bits per heavy atom. The second-order valence-electron chi connectivity index (χ2n) is 7.44. The highest BCUT2D eigenvalue weighted by molar-refractivity contribution is 14.0. The first-order valence-corrected chi connectivity index (χ1v) is 10.3. The molecule has 0 aromatic rings. The maximum Gasteiger partial charge on any atom is 0.409 e. The molecule has 2 aliphatic heterocycles. The quantitative estimate of drug-likeness (QED) is 0.323. The van der Waals surface area contributed by atoms with E-state index in [-0.39, 0.29) is 30.1 Å². The minimum absolute atomic E-state index is 0. The number of aliphatic imine (C=N–C) groups is 1. The van der Waals surface area contributed by atoms with Crippen LogP contribution in [0.2, 0.25) is 0 Å². The van der Waals surface area contributed by atoms with E-state index in [4.69, 9.17) is 9.73 Å². The molecular formula is C19H38IN5O2. The summed E-state index contributed by atoms with van der Waals surface area (Å²) >= 11 is 0. The Hall–Kier alpha value is -0.770. The number of hydrogen-bond acceptors (Lipinski definition) is 4. The third-order valence-electron chi connectivity index (χ3n) is 5.04. The molecule has 27 heavy (non-hydrogen) atoms. The number of carbonyl (C=O) groups is 1. The molecule has 2 N–H and O–H groups in total. The first kappa shape index (κ1) is 24.3. The van der Waals surface area contributed by atoms with E-state index in [0.29, 0.717) is 18.6 Å². The van der Waals surface area contributed by atoms with Gasteiger partial charge in [-0.25, -0.2) is 4.79 Å². The number of amides is 1. The summed E-state index contributed by atoms with van der Waals surface area (Å²) in [5.41, 5.74) is 0. The Bertz CT molecular complexity index is 449. The first-order chi connectivity index (χ1) is 12.6. The number of piperidine rings is 1. The highest BCUT2D eigenvalue weighted by Gasteiger charge is 2.24. The SMILES string of the molecule is CCNC(=NCC(C)CN1CCCC1)NC1CCN(C(=O)OCC)CC1.I. The van der Waals surface area contributed by atoms with Gasteiger partial charge in [0.2, 0.25) is 0 Å². The Morgan fingerprint density at radius 3 is 2.44 bits per heavy atom. The van der Waals surface area contributed by atoms with Crippen LogP contribution in [-0.4, -0.2) is 80.3 Å². The van der Waals surface area contributed by atoms with E-state index in [1.807, 2.05) is 6.92 Å². The van der Waals surface area contributed by atoms with Crippen LogP contribution >= 0.6 is 24.0 Å². The van der Waals surface area contributed by atoms with Crippen molar-refractivity contribution in [3.8, 4) is 0 Å². The van der Waals surface area contributed by atoms with Gasteiger partial charge >= 0.3 is 6.09 Å². The number of nitrogens with one attached hydrogen (secondary N) is 2. The summed E-state index contributed by atoms with van der Waals surface area (Å²) in [5.74, 6) is 1.46. The van der Waals surface area contributed by atoms with Crippen LogP contribution in [0.5, 0.6) is 0 Å². The molecule has 0 saturated carbocycles. The van der Waals surface area contributed by atoms with Gasteiger partial charge in [-0.05, 0) is 58.5 Å². The number of carbonyl (C=O) groups excluding carboxylic acids is 1. The predicted molar refractivity (Wildman–Crippen MR) is 121 cm³/mol. The smallest absolute Gasteiger partial charge is 0.409 e. The van der Waals surface area contributed by atoms with Gasteiger partial charge < -0.3 is 25.2 Å². The number of likely N-dealkylation sites (tertiary alicyclic amines) is 2. The van der Waals surface area contributed by atoms with E-state index in [2.05, 4.69) is 29.4 Å². The summed E-state index contributed by atoms with van der Waals surface area (Å²) in [5, 5.41) is 6.90. The van der Waals surface area contributed by atoms with Gasteiger partial charge in [-0.15, -0.1) is 24.0 Å². The molecule has 0 aromatic carbocycles. The summed E-state index contributed by atoms with van der Waals surface area (Å²) in [6.45, 7) is 13.4. The predicted octanol–water partition coefficient (Wildman–Crippen LogP) is 2.51. The van der Waals surface area contributed by atoms with Crippen LogP contribution in [0.25, 0.3) is 0 Å². The summed E-state index contributed by atoms with van der Waals surface area (Å²) < 4.78 is 5.08. The van der Waals surface area contributed by atoms with Crippen LogP contribution in [0.4, 0.5) is 4.79 Å². The van der Waals surface area contributed by atoms with Crippen LogP contribution in [-0.2, 0) is 4.74 Å². The average Bonchev–Trinajstić information content (AvgIpc) is 3.13. The van der Waals surface area contributed by atoms with Crippen molar-refractivity contribution in [2.45, 2.75) is 52.5 Å². The second-order valence-corrected chi connectivity index (χ2v) is 7.44. The van der Waals surface area contributed by atoms with Crippen molar-refractivity contribution in [2.24, 2.45) is 10.9 Å². The zero-order chi connectivity index (χ0) is 18.8. The lowest BCUT2D eigenvalue weighted by Crippen LogP contribution is -2.50. The van der Waals surface area contributed by atoms with Gasteiger partial charge in [-0.1, -0.05) is 6.92 Å². The van der Waals surface area contributed by atoms with Gasteiger partial charge in [-0.3, -0.25) is 4.99 Å². The van der Waals surface area contributed by atoms with Gasteiger partial charge in [0.15, 0.2) is 5.96 Å². The molecule has 2 rings (SSSR count). The minimum Gasteiger partial charge on any atom is -0.450 e. The minimum atomic E-state index is -0.192. The summed E-state index contributed by atoms with van der Waals surface area (Å²) in [7, 11) is 0. The van der Waals surface area contributed by atoms with Crippen molar-refractivity contribution >= 4 is 36.0 Å². The van der Waals surface area contributed by atoms with E-state index in [0.717, 1.165) is 51.5 Å². The Kier molecular flexibility index (Phi) is 12.1. The lowest BCUT2D eigenvalue weighted by atomic mass is 10.1. The number of ether oxygens (including phenoxy) is 1. The molecule has 8 heteroatoms. The van der Waals surface area contributed by atoms with E-state index in [1.165, 1.54) is 25.9 Å². The van der Waals surface area contributed by atoms with Crippen LogP contribution in [0.1, 0.15) is 46.5 Å². The maximum absolute atomic E-state index is 11.8. The molecule has 0 bridgehead atoms. The van der Waals surface area contributed by atoms with Gasteiger partial charge in [0.25, 0.3) is 0 Å². The number of nitrogens with zero attached hydrogens (tertiary/aromatic N) is 3. The highest BCUT2D eigenvalue weighted by atomic mass is 127. The largest absolute Gasteiger partial charge is 0.450 e. The molecule has 2 fully saturated rings. The molecule has 7 nitrogen and oxygen atoms in total. The Balaban J connectivity index is 0.00000364. The lowest BCUT2D eigenvalue weighted by molar-refractivity contribution is 0.0963. The van der Waals surface area contributed by atoms with Gasteiger partial charge in [0.1, 0.15) is 0 Å². The molecule has 1 unspecified atom stereocenters. The first-order valence-electron chi connectivity index (χ1n) is 10.3. The van der Waals surface area contributed by atoms with Gasteiger partial charge in [0.05, 0.1) is 6.61 Å². The fourth-order valence-electron chi connectivity index (χ4n) is 3.65. The monoisotopic (exact) mass is 495 g/mol. The zero-order valence-corrected chi connectivity index (χ0v) is 19.5. The van der Waals surface area contributed by atoms with Crippen LogP contribution < -0.4 is 10.6 Å². The Morgan fingerprint density at radius 2 is 1.85 bits per heavy atom. The van der Waals surface area contributed by atoms with Crippen molar-refractivity contribution in [3.05, 3.63) is 0 Å². The van der Waals surface area contributed by atoms with E-state index in [9.17, 15) is 4.79 Å². The summed E-state index contributed by atoms with van der Waals surface area (Å²) in [4.78, 5) is 20.9. The molecule has 0 aromatic heterocycles. The normalized spacial score (nSPS) is 20.1. The second kappa shape index (κ2) is 13.4. The maximum atomic E-state index is 11.8. The van der Waals surface area contributed by atoms with Gasteiger partial charge in [0, 0.05) is 38.8 Å². The van der Waals surface area contributed by atoms with Crippen molar-refractivity contribution in [1.29, 1.82) is 0 Å². The molecule has 1 atom stereocenters. The summed E-state index contributed by atoms with van der Waals surface area (Å²) in [6.07, 6.45) is 4.33. The standard InChI is InChI=1S/C19H37N5O2.HI/c1-4-20-18(21-14-16(3)15-23-10-6-7-11-23)22-17-8-12-24(13-9-17)19(25)26-5-2;/h16-17H,4-15H2,1-3H3,(H2,20,21,22);1H. The third kappa shape index (κ3) is 8.85. The molecule has 0 radical (unpaired) electrons. The topological polar surface area (TPSA) is 69.2 Å². The van der Waals surface area contributed by atoms with E-state index >= 15 is 0 Å². The van der Waals surface area contributed by atoms with Crippen molar-refractivity contribution in [3.63, 3.8) is 0 Å². The molecule has 2 saturated heterocycles. The number of guanidine groups is 1. The Labute approximate surface area is 181 Å².